The van der Waals surface area contributed by atoms with Gasteiger partial charge in [-0.15, -0.1) is 0 Å². The van der Waals surface area contributed by atoms with E-state index in [0.29, 0.717) is 65.4 Å². The van der Waals surface area contributed by atoms with Crippen LogP contribution in [0.15, 0.2) is 30.3 Å². The van der Waals surface area contributed by atoms with Crippen molar-refractivity contribution in [3.63, 3.8) is 0 Å². The van der Waals surface area contributed by atoms with Gasteiger partial charge in [0.25, 0.3) is 5.91 Å². The fourth-order valence-electron chi connectivity index (χ4n) is 4.96. The maximum atomic E-state index is 13.7. The van der Waals surface area contributed by atoms with Gasteiger partial charge in [-0.3, -0.25) is 9.59 Å². The number of unbranched alkanes of at least 4 members (excludes halogenated alkanes) is 1. The second-order valence-corrected chi connectivity index (χ2v) is 9.01. The van der Waals surface area contributed by atoms with Crippen LogP contribution in [0, 0.1) is 0 Å². The number of benzene rings is 1. The second kappa shape index (κ2) is 10.4. The molecule has 9 heteroatoms. The molecule has 0 unspecified atom stereocenters. The smallest absolute Gasteiger partial charge is 0.317 e. The fourth-order valence-corrected chi connectivity index (χ4v) is 4.96. The monoisotopic (exact) mass is 457 g/mol. The highest BCUT2D eigenvalue weighted by Gasteiger charge is 2.54. The summed E-state index contributed by atoms with van der Waals surface area (Å²) in [5, 5.41) is 2.98. The summed E-state index contributed by atoms with van der Waals surface area (Å²) in [6.45, 7) is 6.45. The zero-order chi connectivity index (χ0) is 23.3. The van der Waals surface area contributed by atoms with E-state index in [2.05, 4.69) is 17.1 Å². The third-order valence-corrected chi connectivity index (χ3v) is 6.96. The maximum absolute atomic E-state index is 13.7. The highest BCUT2D eigenvalue weighted by Crippen LogP contribution is 2.39. The van der Waals surface area contributed by atoms with Crippen LogP contribution in [-0.4, -0.2) is 97.2 Å². The first-order valence-electron chi connectivity index (χ1n) is 12.1. The lowest BCUT2D eigenvalue weighted by Crippen LogP contribution is -2.58. The fraction of sp³-hybridized carbons (Fsp3) is 0.625. The molecule has 3 saturated heterocycles. The molecule has 0 radical (unpaired) electrons. The van der Waals surface area contributed by atoms with Gasteiger partial charge in [0.1, 0.15) is 12.1 Å². The van der Waals surface area contributed by atoms with Gasteiger partial charge in [0.2, 0.25) is 5.91 Å². The van der Waals surface area contributed by atoms with E-state index in [1.54, 1.807) is 14.7 Å². The Morgan fingerprint density at radius 3 is 2.39 bits per heavy atom. The lowest BCUT2D eigenvalue weighted by Gasteiger charge is -2.43. The third-order valence-electron chi connectivity index (χ3n) is 6.96. The number of likely N-dealkylation sites (tertiary alicyclic amines) is 1. The SMILES string of the molecule is CCCCNC(=O)N1CCC2(CC1)C(=O)N(CC(=O)N1CCOCC1)CN2c1ccccc1. The van der Waals surface area contributed by atoms with Gasteiger partial charge in [0.15, 0.2) is 0 Å². The van der Waals surface area contributed by atoms with Crippen LogP contribution in [0.3, 0.4) is 0 Å². The zero-order valence-corrected chi connectivity index (χ0v) is 19.5. The van der Waals surface area contributed by atoms with E-state index in [0.717, 1.165) is 18.5 Å². The molecule has 1 spiro atoms. The van der Waals surface area contributed by atoms with Crippen LogP contribution in [0.25, 0.3) is 0 Å². The van der Waals surface area contributed by atoms with Gasteiger partial charge in [0.05, 0.1) is 19.9 Å². The van der Waals surface area contributed by atoms with Gasteiger partial charge >= 0.3 is 6.03 Å². The average molecular weight is 458 g/mol. The number of rotatable bonds is 6. The van der Waals surface area contributed by atoms with E-state index in [9.17, 15) is 14.4 Å². The van der Waals surface area contributed by atoms with Crippen molar-refractivity contribution in [2.45, 2.75) is 38.1 Å². The number of nitrogens with one attached hydrogen (secondary N) is 1. The summed E-state index contributed by atoms with van der Waals surface area (Å²) in [5.74, 6) is -0.0524. The molecular weight excluding hydrogens is 422 g/mol. The zero-order valence-electron chi connectivity index (χ0n) is 19.5. The van der Waals surface area contributed by atoms with Crippen LogP contribution < -0.4 is 10.2 Å². The highest BCUT2D eigenvalue weighted by atomic mass is 16.5. The summed E-state index contributed by atoms with van der Waals surface area (Å²) in [4.78, 5) is 46.6. The molecule has 3 heterocycles. The Kier molecular flexibility index (Phi) is 7.37. The van der Waals surface area contributed by atoms with Crippen molar-refractivity contribution >= 4 is 23.5 Å². The molecular formula is C24H35N5O4. The summed E-state index contributed by atoms with van der Waals surface area (Å²) < 4.78 is 5.35. The Hall–Kier alpha value is -2.81. The molecule has 0 bridgehead atoms. The summed E-state index contributed by atoms with van der Waals surface area (Å²) >= 11 is 0. The summed E-state index contributed by atoms with van der Waals surface area (Å²) in [5.41, 5.74) is 0.236. The van der Waals surface area contributed by atoms with E-state index in [-0.39, 0.29) is 24.4 Å². The Labute approximate surface area is 195 Å². The van der Waals surface area contributed by atoms with Gasteiger partial charge in [-0.1, -0.05) is 31.5 Å². The lowest BCUT2D eigenvalue weighted by molar-refractivity contribution is -0.143. The summed E-state index contributed by atoms with van der Waals surface area (Å²) in [7, 11) is 0. The Bertz CT molecular complexity index is 835. The molecule has 3 fully saturated rings. The standard InChI is InChI=1S/C24H35N5O4/c1-2-3-11-25-23(32)27-12-9-24(10-13-27)22(31)28(18-21(30)26-14-16-33-17-15-26)19-29(24)20-7-5-4-6-8-20/h4-8H,2-3,9-19H2,1H3,(H,25,32). The van der Waals surface area contributed by atoms with Crippen LogP contribution in [0.5, 0.6) is 0 Å². The van der Waals surface area contributed by atoms with Gasteiger partial charge in [-0.05, 0) is 31.4 Å². The molecule has 3 aliphatic heterocycles. The number of hydrogen-bond donors (Lipinski definition) is 1. The number of amides is 4. The number of nitrogens with zero attached hydrogens (tertiary/aromatic N) is 4. The van der Waals surface area contributed by atoms with E-state index in [1.807, 2.05) is 30.3 Å². The van der Waals surface area contributed by atoms with Crippen molar-refractivity contribution in [2.75, 3.05) is 64.1 Å². The van der Waals surface area contributed by atoms with Crippen LogP contribution in [-0.2, 0) is 14.3 Å². The minimum Gasteiger partial charge on any atom is -0.378 e. The van der Waals surface area contributed by atoms with E-state index >= 15 is 0 Å². The molecule has 1 aromatic carbocycles. The number of carbonyl (C=O) groups is 3. The number of piperidine rings is 1. The first-order valence-corrected chi connectivity index (χ1v) is 12.1. The highest BCUT2D eigenvalue weighted by molar-refractivity contribution is 5.96. The molecule has 4 rings (SSSR count). The molecule has 33 heavy (non-hydrogen) atoms. The molecule has 4 amide bonds. The number of ether oxygens (including phenoxy) is 1. The van der Waals surface area contributed by atoms with Crippen molar-refractivity contribution in [3.05, 3.63) is 30.3 Å². The molecule has 1 N–H and O–H groups in total. The van der Waals surface area contributed by atoms with Crippen molar-refractivity contribution in [2.24, 2.45) is 0 Å². The average Bonchev–Trinajstić information content (AvgIpc) is 3.11. The molecule has 3 aliphatic rings. The predicted molar refractivity (Wildman–Crippen MR) is 125 cm³/mol. The molecule has 0 saturated carbocycles. The number of carbonyl (C=O) groups excluding carboxylic acids is 3. The van der Waals surface area contributed by atoms with Gasteiger partial charge < -0.3 is 29.7 Å². The molecule has 180 valence electrons. The quantitative estimate of drug-likeness (QED) is 0.655. The molecule has 0 atom stereocenters. The molecule has 0 aromatic heterocycles. The van der Waals surface area contributed by atoms with Crippen molar-refractivity contribution < 1.29 is 19.1 Å². The minimum absolute atomic E-state index is 0.0148. The van der Waals surface area contributed by atoms with Gasteiger partial charge in [-0.2, -0.15) is 0 Å². The predicted octanol–water partition coefficient (Wildman–Crippen LogP) is 1.50. The lowest BCUT2D eigenvalue weighted by atomic mass is 9.85. The maximum Gasteiger partial charge on any atom is 0.317 e. The second-order valence-electron chi connectivity index (χ2n) is 9.01. The van der Waals surface area contributed by atoms with Crippen LogP contribution in [0.1, 0.15) is 32.6 Å². The van der Waals surface area contributed by atoms with Crippen LogP contribution in [0.2, 0.25) is 0 Å². The number of anilines is 1. The number of urea groups is 1. The van der Waals surface area contributed by atoms with E-state index in [1.165, 1.54) is 0 Å². The largest absolute Gasteiger partial charge is 0.378 e. The Morgan fingerprint density at radius 2 is 1.73 bits per heavy atom. The summed E-state index contributed by atoms with van der Waals surface area (Å²) in [6, 6.07) is 9.83. The molecule has 0 aliphatic carbocycles. The third kappa shape index (κ3) is 4.93. The normalized spacial score (nSPS) is 20.5. The minimum atomic E-state index is -0.729. The van der Waals surface area contributed by atoms with Crippen molar-refractivity contribution in [3.8, 4) is 0 Å². The van der Waals surface area contributed by atoms with Crippen LogP contribution >= 0.6 is 0 Å². The van der Waals surface area contributed by atoms with Crippen molar-refractivity contribution in [1.82, 2.24) is 20.0 Å². The number of morpholine rings is 1. The first-order chi connectivity index (χ1) is 16.0. The number of hydrogen-bond acceptors (Lipinski definition) is 5. The van der Waals surface area contributed by atoms with E-state index < -0.39 is 5.54 Å². The Balaban J connectivity index is 1.48. The Morgan fingerprint density at radius 1 is 1.03 bits per heavy atom. The van der Waals surface area contributed by atoms with Gasteiger partial charge in [0, 0.05) is 38.4 Å². The summed E-state index contributed by atoms with van der Waals surface area (Å²) in [6.07, 6.45) is 3.08. The molecule has 1 aromatic rings. The van der Waals surface area contributed by atoms with Crippen LogP contribution in [0.4, 0.5) is 10.5 Å². The first kappa shape index (κ1) is 23.4. The van der Waals surface area contributed by atoms with E-state index in [4.69, 9.17) is 4.74 Å². The topological polar surface area (TPSA) is 85.4 Å². The number of para-hydroxylation sites is 1. The van der Waals surface area contributed by atoms with Crippen molar-refractivity contribution in [1.29, 1.82) is 0 Å². The van der Waals surface area contributed by atoms with Gasteiger partial charge in [-0.25, -0.2) is 4.79 Å². The molecule has 9 nitrogen and oxygen atoms in total.